The second-order valence-corrected chi connectivity index (χ2v) is 2.20. The van der Waals surface area contributed by atoms with Crippen LogP contribution in [0.4, 0.5) is 31.1 Å². The Kier molecular flexibility index (Phi) is 3.60. The molecule has 0 amide bonds. The van der Waals surface area contributed by atoms with E-state index >= 15 is 0 Å². The van der Waals surface area contributed by atoms with Crippen LogP contribution in [-0.2, 0) is 4.74 Å². The van der Waals surface area contributed by atoms with Crippen LogP contribution < -0.4 is 5.11 Å². The molecular formula is C5H3F6O3-. The van der Waals surface area contributed by atoms with Crippen molar-refractivity contribution in [3.05, 3.63) is 0 Å². The molecular weight excluding hydrogens is 222 g/mol. The number of carboxylic acid groups (broad SMARTS) is 1. The van der Waals surface area contributed by atoms with Crippen molar-refractivity contribution in [3.8, 4) is 0 Å². The Balaban J connectivity index is 4.51. The molecule has 3 nitrogen and oxygen atoms in total. The van der Waals surface area contributed by atoms with Crippen molar-refractivity contribution in [2.45, 2.75) is 12.4 Å². The Bertz CT molecular complexity index is 192. The fraction of sp³-hybridized carbons (Fsp3) is 0.800. The molecule has 84 valence electrons. The molecule has 0 fully saturated rings. The van der Waals surface area contributed by atoms with Gasteiger partial charge >= 0.3 is 12.4 Å². The third kappa shape index (κ3) is 4.19. The minimum absolute atomic E-state index is 2.05. The summed E-state index contributed by atoms with van der Waals surface area (Å²) in [4.78, 5) is 9.49. The van der Waals surface area contributed by atoms with Gasteiger partial charge in [0.25, 0.3) is 6.16 Å². The highest BCUT2D eigenvalue weighted by atomic mass is 19.4. The molecule has 0 unspecified atom stereocenters. The van der Waals surface area contributed by atoms with Gasteiger partial charge in [0.1, 0.15) is 0 Å². The first-order chi connectivity index (χ1) is 6.05. The highest BCUT2D eigenvalue weighted by molar-refractivity contribution is 5.53. The van der Waals surface area contributed by atoms with Crippen molar-refractivity contribution in [3.63, 3.8) is 0 Å². The average Bonchev–Trinajstić information content (AvgIpc) is 1.78. The lowest BCUT2D eigenvalue weighted by molar-refractivity contribution is -0.311. The van der Waals surface area contributed by atoms with Gasteiger partial charge in [-0.05, 0) is 0 Å². The van der Waals surface area contributed by atoms with Gasteiger partial charge in [-0.2, -0.15) is 26.3 Å². The maximum absolute atomic E-state index is 11.7. The summed E-state index contributed by atoms with van der Waals surface area (Å²) < 4.78 is 73.0. The van der Waals surface area contributed by atoms with Gasteiger partial charge in [0.2, 0.25) is 0 Å². The second-order valence-electron chi connectivity index (χ2n) is 2.20. The largest absolute Gasteiger partial charge is 0.549 e. The van der Waals surface area contributed by atoms with Crippen LogP contribution in [0.1, 0.15) is 0 Å². The molecule has 0 radical (unpaired) electrons. The molecule has 0 aromatic carbocycles. The van der Waals surface area contributed by atoms with Gasteiger partial charge in [0.05, 0.1) is 0 Å². The molecule has 0 aromatic heterocycles. The van der Waals surface area contributed by atoms with Gasteiger partial charge in [0, 0.05) is 6.61 Å². The van der Waals surface area contributed by atoms with Gasteiger partial charge in [0.15, 0.2) is 5.92 Å². The minimum Gasteiger partial charge on any atom is -0.549 e. The lowest BCUT2D eigenvalue weighted by atomic mass is 10.1. The zero-order valence-electron chi connectivity index (χ0n) is 6.28. The quantitative estimate of drug-likeness (QED) is 0.522. The molecule has 0 spiro atoms. The predicted molar refractivity (Wildman–Crippen MR) is 26.9 cm³/mol. The average molecular weight is 225 g/mol. The van der Waals surface area contributed by atoms with E-state index in [0.29, 0.717) is 0 Å². The van der Waals surface area contributed by atoms with Crippen LogP contribution in [0, 0.1) is 5.92 Å². The second kappa shape index (κ2) is 3.93. The highest BCUT2D eigenvalue weighted by Crippen LogP contribution is 2.39. The number of ether oxygens (including phenoxy) is 1. The monoisotopic (exact) mass is 225 g/mol. The van der Waals surface area contributed by atoms with E-state index in [4.69, 9.17) is 0 Å². The molecule has 0 aliphatic heterocycles. The Morgan fingerprint density at radius 1 is 1.14 bits per heavy atom. The molecule has 0 rings (SSSR count). The molecule has 0 atom stereocenters. The molecule has 0 bridgehead atoms. The summed E-state index contributed by atoms with van der Waals surface area (Å²) in [7, 11) is 0. The van der Waals surface area contributed by atoms with Gasteiger partial charge < -0.3 is 14.6 Å². The fourth-order valence-electron chi connectivity index (χ4n) is 0.526. The summed E-state index contributed by atoms with van der Waals surface area (Å²) in [5.41, 5.74) is 0. The van der Waals surface area contributed by atoms with Crippen LogP contribution in [0.15, 0.2) is 0 Å². The number of carbonyl (C=O) groups excluding carboxylic acids is 1. The molecule has 0 saturated heterocycles. The standard InChI is InChI=1S/C5H4F6O3/c6-4(7,8)2(5(9,10)11)1-14-3(12)13/h2H,1H2,(H,12,13)/p-1. The maximum Gasteiger partial charge on any atom is 0.402 e. The van der Waals surface area contributed by atoms with Crippen LogP contribution >= 0.6 is 0 Å². The van der Waals surface area contributed by atoms with Crippen LogP contribution in [0.25, 0.3) is 0 Å². The van der Waals surface area contributed by atoms with Crippen LogP contribution in [-0.4, -0.2) is 25.1 Å². The van der Waals surface area contributed by atoms with E-state index in [1.807, 2.05) is 0 Å². The van der Waals surface area contributed by atoms with Crippen molar-refractivity contribution in [1.29, 1.82) is 0 Å². The van der Waals surface area contributed by atoms with Crippen LogP contribution in [0.2, 0.25) is 0 Å². The van der Waals surface area contributed by atoms with Crippen molar-refractivity contribution < 1.29 is 41.0 Å². The first-order valence-electron chi connectivity index (χ1n) is 3.02. The lowest BCUT2D eigenvalue weighted by Gasteiger charge is -2.24. The lowest BCUT2D eigenvalue weighted by Crippen LogP contribution is -2.41. The first-order valence-corrected chi connectivity index (χ1v) is 3.02. The number of hydrogen-bond acceptors (Lipinski definition) is 3. The van der Waals surface area contributed by atoms with Crippen molar-refractivity contribution in [2.24, 2.45) is 5.92 Å². The Labute approximate surface area is 73.3 Å². The zero-order chi connectivity index (χ0) is 11.6. The molecule has 0 N–H and O–H groups in total. The number of halogens is 6. The van der Waals surface area contributed by atoms with E-state index in [1.165, 1.54) is 0 Å². The van der Waals surface area contributed by atoms with E-state index < -0.39 is 31.0 Å². The normalized spacial score (nSPS) is 13.1. The number of carbonyl (C=O) groups is 1. The molecule has 0 aliphatic carbocycles. The minimum atomic E-state index is -5.60. The summed E-state index contributed by atoms with van der Waals surface area (Å²) >= 11 is 0. The van der Waals surface area contributed by atoms with E-state index in [2.05, 4.69) is 4.74 Å². The van der Waals surface area contributed by atoms with Crippen LogP contribution in [0.3, 0.4) is 0 Å². The Morgan fingerprint density at radius 2 is 1.50 bits per heavy atom. The van der Waals surface area contributed by atoms with Crippen molar-refractivity contribution >= 4 is 6.16 Å². The molecule has 0 saturated carbocycles. The van der Waals surface area contributed by atoms with E-state index in [-0.39, 0.29) is 0 Å². The molecule has 0 heterocycles. The molecule has 0 aromatic rings. The summed E-state index contributed by atoms with van der Waals surface area (Å²) in [6.45, 7) is -2.05. The summed E-state index contributed by atoms with van der Waals surface area (Å²) in [6.07, 6.45) is -13.6. The Morgan fingerprint density at radius 3 is 1.71 bits per heavy atom. The summed E-state index contributed by atoms with van der Waals surface area (Å²) in [5, 5.41) is 9.49. The smallest absolute Gasteiger partial charge is 0.402 e. The molecule has 14 heavy (non-hydrogen) atoms. The van der Waals surface area contributed by atoms with Gasteiger partial charge in [-0.15, -0.1) is 0 Å². The third-order valence-corrected chi connectivity index (χ3v) is 1.16. The molecule has 0 aliphatic rings. The Hall–Kier alpha value is -1.15. The zero-order valence-corrected chi connectivity index (χ0v) is 6.28. The number of rotatable bonds is 2. The van der Waals surface area contributed by atoms with Crippen molar-refractivity contribution in [1.82, 2.24) is 0 Å². The van der Waals surface area contributed by atoms with Crippen LogP contribution in [0.5, 0.6) is 0 Å². The van der Waals surface area contributed by atoms with Gasteiger partial charge in [-0.3, -0.25) is 0 Å². The van der Waals surface area contributed by atoms with E-state index in [0.717, 1.165) is 0 Å². The number of hydrogen-bond donors (Lipinski definition) is 0. The summed E-state index contributed by atoms with van der Waals surface area (Å²) in [5.74, 6) is -3.83. The highest BCUT2D eigenvalue weighted by Gasteiger charge is 2.56. The van der Waals surface area contributed by atoms with E-state index in [9.17, 15) is 36.2 Å². The topological polar surface area (TPSA) is 49.4 Å². The molecule has 9 heteroatoms. The van der Waals surface area contributed by atoms with Crippen molar-refractivity contribution in [2.75, 3.05) is 6.61 Å². The third-order valence-electron chi connectivity index (χ3n) is 1.16. The first kappa shape index (κ1) is 12.8. The maximum atomic E-state index is 11.7. The van der Waals surface area contributed by atoms with E-state index in [1.54, 1.807) is 0 Å². The van der Waals surface area contributed by atoms with Gasteiger partial charge in [-0.1, -0.05) is 0 Å². The predicted octanol–water partition coefficient (Wildman–Crippen LogP) is 1.09. The van der Waals surface area contributed by atoms with Gasteiger partial charge in [-0.25, -0.2) is 0 Å². The SMILES string of the molecule is O=C([O-])OCC(C(F)(F)F)C(F)(F)F. The number of alkyl halides is 6. The fourth-order valence-corrected chi connectivity index (χ4v) is 0.526. The summed E-state index contributed by atoms with van der Waals surface area (Å²) in [6, 6.07) is 0.